The molecule has 1 fully saturated rings. The molecule has 10 heteroatoms. The van der Waals surface area contributed by atoms with Crippen LogP contribution in [-0.2, 0) is 20.9 Å². The van der Waals surface area contributed by atoms with Crippen molar-refractivity contribution in [1.82, 2.24) is 25.0 Å². The van der Waals surface area contributed by atoms with Crippen molar-refractivity contribution in [3.05, 3.63) is 10.5 Å². The Labute approximate surface area is 137 Å². The third-order valence-corrected chi connectivity index (χ3v) is 4.50. The Morgan fingerprint density at radius 3 is 3.00 bits per heavy atom. The minimum atomic E-state index is -0.311. The zero-order chi connectivity index (χ0) is 16.8. The minimum Gasteiger partial charge on any atom is -0.376 e. The van der Waals surface area contributed by atoms with E-state index >= 15 is 0 Å². The topological polar surface area (TPSA) is 109 Å². The number of nitrogens with one attached hydrogen (secondary N) is 2. The predicted octanol–water partition coefficient (Wildman–Crippen LogP) is -0.953. The van der Waals surface area contributed by atoms with Crippen LogP contribution in [0.5, 0.6) is 0 Å². The highest BCUT2D eigenvalue weighted by molar-refractivity contribution is 7.99. The highest BCUT2D eigenvalue weighted by atomic mass is 32.2. The summed E-state index contributed by atoms with van der Waals surface area (Å²) in [6, 6.07) is 0. The van der Waals surface area contributed by atoms with E-state index in [2.05, 4.69) is 15.5 Å². The summed E-state index contributed by atoms with van der Waals surface area (Å²) in [4.78, 5) is 36.4. The van der Waals surface area contributed by atoms with Crippen molar-refractivity contribution in [1.29, 1.82) is 0 Å². The molecule has 1 saturated heterocycles. The van der Waals surface area contributed by atoms with Crippen LogP contribution in [-0.4, -0.2) is 70.6 Å². The average Bonchev–Trinajstić information content (AvgIpc) is 3.16. The van der Waals surface area contributed by atoms with Gasteiger partial charge in [-0.3, -0.25) is 14.2 Å². The van der Waals surface area contributed by atoms with Crippen molar-refractivity contribution in [3.63, 3.8) is 0 Å². The minimum absolute atomic E-state index is 0.000815. The molecular weight excluding hydrogens is 322 g/mol. The SMILES string of the molecule is CNC(=O)CN(C)C(=O)CSc1n[nH]c(=O)n1C[C@H]1CCCO1. The van der Waals surface area contributed by atoms with Crippen LogP contribution in [0.3, 0.4) is 0 Å². The Balaban J connectivity index is 1.91. The molecule has 23 heavy (non-hydrogen) atoms. The smallest absolute Gasteiger partial charge is 0.344 e. The van der Waals surface area contributed by atoms with Crippen LogP contribution in [0, 0.1) is 0 Å². The molecule has 1 atom stereocenters. The number of aromatic amines is 1. The van der Waals surface area contributed by atoms with Crippen molar-refractivity contribution >= 4 is 23.6 Å². The van der Waals surface area contributed by atoms with Gasteiger partial charge in [-0.25, -0.2) is 9.89 Å². The lowest BCUT2D eigenvalue weighted by atomic mass is 10.2. The van der Waals surface area contributed by atoms with Crippen LogP contribution < -0.4 is 11.0 Å². The predicted molar refractivity (Wildman–Crippen MR) is 84.2 cm³/mol. The van der Waals surface area contributed by atoms with Crippen molar-refractivity contribution in [2.45, 2.75) is 30.6 Å². The molecule has 0 radical (unpaired) electrons. The molecular formula is C13H21N5O4S. The number of thioether (sulfide) groups is 1. The number of amides is 2. The van der Waals surface area contributed by atoms with Gasteiger partial charge >= 0.3 is 5.69 Å². The number of hydrogen-bond donors (Lipinski definition) is 2. The van der Waals surface area contributed by atoms with Gasteiger partial charge in [-0.05, 0) is 12.8 Å². The first kappa shape index (κ1) is 17.5. The normalized spacial score (nSPS) is 17.2. The number of nitrogens with zero attached hydrogens (tertiary/aromatic N) is 3. The van der Waals surface area contributed by atoms with Gasteiger partial charge in [0.1, 0.15) is 0 Å². The monoisotopic (exact) mass is 343 g/mol. The second-order valence-corrected chi connectivity index (χ2v) is 6.21. The molecule has 1 aromatic rings. The summed E-state index contributed by atoms with van der Waals surface area (Å²) in [5, 5.41) is 9.26. The number of carbonyl (C=O) groups is 2. The van der Waals surface area contributed by atoms with E-state index in [1.165, 1.54) is 16.5 Å². The van der Waals surface area contributed by atoms with Crippen LogP contribution in [0.2, 0.25) is 0 Å². The Morgan fingerprint density at radius 1 is 1.57 bits per heavy atom. The summed E-state index contributed by atoms with van der Waals surface area (Å²) in [5.41, 5.74) is -0.311. The van der Waals surface area contributed by atoms with Gasteiger partial charge in [0, 0.05) is 20.7 Å². The van der Waals surface area contributed by atoms with E-state index < -0.39 is 0 Å². The van der Waals surface area contributed by atoms with Gasteiger partial charge in [-0.1, -0.05) is 11.8 Å². The third-order valence-electron chi connectivity index (χ3n) is 3.54. The first-order chi connectivity index (χ1) is 11.0. The first-order valence-corrected chi connectivity index (χ1v) is 8.34. The molecule has 2 N–H and O–H groups in total. The number of likely N-dealkylation sites (N-methyl/N-ethyl adjacent to an activating group) is 2. The van der Waals surface area contributed by atoms with Gasteiger partial charge in [-0.2, -0.15) is 0 Å². The number of hydrogen-bond acceptors (Lipinski definition) is 6. The van der Waals surface area contributed by atoms with E-state index in [4.69, 9.17) is 4.74 Å². The van der Waals surface area contributed by atoms with Crippen LogP contribution in [0.15, 0.2) is 9.95 Å². The van der Waals surface area contributed by atoms with Gasteiger partial charge in [0.15, 0.2) is 5.16 Å². The molecule has 1 aliphatic rings. The summed E-state index contributed by atoms with van der Waals surface area (Å²) < 4.78 is 7.02. The largest absolute Gasteiger partial charge is 0.376 e. The molecule has 0 saturated carbocycles. The Morgan fingerprint density at radius 2 is 2.35 bits per heavy atom. The molecule has 9 nitrogen and oxygen atoms in total. The van der Waals surface area contributed by atoms with Crippen LogP contribution in [0.25, 0.3) is 0 Å². The fourth-order valence-electron chi connectivity index (χ4n) is 2.19. The van der Waals surface area contributed by atoms with Crippen LogP contribution in [0.1, 0.15) is 12.8 Å². The van der Waals surface area contributed by atoms with Gasteiger partial charge in [-0.15, -0.1) is 5.10 Å². The van der Waals surface area contributed by atoms with E-state index in [1.807, 2.05) is 0 Å². The maximum absolute atomic E-state index is 12.0. The second kappa shape index (κ2) is 8.16. The lowest BCUT2D eigenvalue weighted by molar-refractivity contribution is -0.132. The van der Waals surface area contributed by atoms with Gasteiger partial charge in [0.2, 0.25) is 11.8 Å². The fraction of sp³-hybridized carbons (Fsp3) is 0.692. The first-order valence-electron chi connectivity index (χ1n) is 7.35. The Bertz CT molecular complexity index is 608. The lowest BCUT2D eigenvalue weighted by Crippen LogP contribution is -2.37. The maximum Gasteiger partial charge on any atom is 0.344 e. The summed E-state index contributed by atoms with van der Waals surface area (Å²) in [5.74, 6) is -0.345. The van der Waals surface area contributed by atoms with E-state index in [0.29, 0.717) is 18.3 Å². The molecule has 1 aromatic heterocycles. The Hall–Kier alpha value is -1.81. The number of carbonyl (C=O) groups excluding carboxylic acids is 2. The maximum atomic E-state index is 12.0. The van der Waals surface area contributed by atoms with Crippen molar-refractivity contribution in [2.24, 2.45) is 0 Å². The van der Waals surface area contributed by atoms with Gasteiger partial charge in [0.05, 0.1) is 24.9 Å². The van der Waals surface area contributed by atoms with E-state index in [9.17, 15) is 14.4 Å². The second-order valence-electron chi connectivity index (χ2n) is 5.27. The van der Waals surface area contributed by atoms with Crippen molar-refractivity contribution < 1.29 is 14.3 Å². The quantitative estimate of drug-likeness (QED) is 0.618. The molecule has 2 rings (SSSR count). The summed E-state index contributed by atoms with van der Waals surface area (Å²) >= 11 is 1.16. The summed E-state index contributed by atoms with van der Waals surface area (Å²) in [7, 11) is 3.07. The van der Waals surface area contributed by atoms with Crippen molar-refractivity contribution in [2.75, 3.05) is 33.0 Å². The van der Waals surface area contributed by atoms with Crippen molar-refractivity contribution in [3.8, 4) is 0 Å². The molecule has 2 amide bonds. The van der Waals surface area contributed by atoms with Crippen LogP contribution in [0.4, 0.5) is 0 Å². The Kier molecular flexibility index (Phi) is 6.22. The fourth-order valence-corrected chi connectivity index (χ4v) is 3.08. The number of ether oxygens (including phenoxy) is 1. The molecule has 128 valence electrons. The molecule has 2 heterocycles. The number of H-pyrrole nitrogens is 1. The summed E-state index contributed by atoms with van der Waals surface area (Å²) in [6.45, 7) is 1.14. The summed E-state index contributed by atoms with van der Waals surface area (Å²) in [6.07, 6.45) is 1.91. The number of aromatic nitrogens is 3. The van der Waals surface area contributed by atoms with E-state index in [-0.39, 0.29) is 35.9 Å². The van der Waals surface area contributed by atoms with Crippen LogP contribution >= 0.6 is 11.8 Å². The molecule has 1 aliphatic heterocycles. The molecule has 0 unspecified atom stereocenters. The van der Waals surface area contributed by atoms with Gasteiger partial charge < -0.3 is 15.0 Å². The zero-order valence-electron chi connectivity index (χ0n) is 13.2. The third kappa shape index (κ3) is 4.83. The van der Waals surface area contributed by atoms with E-state index in [0.717, 1.165) is 24.6 Å². The lowest BCUT2D eigenvalue weighted by Gasteiger charge is -2.16. The molecule has 0 bridgehead atoms. The molecule has 0 aliphatic carbocycles. The highest BCUT2D eigenvalue weighted by Crippen LogP contribution is 2.18. The average molecular weight is 343 g/mol. The zero-order valence-corrected chi connectivity index (χ0v) is 14.0. The standard InChI is InChI=1S/C13H21N5O4S/c1-14-10(19)7-17(2)11(20)8-23-13-16-15-12(21)18(13)6-9-4-3-5-22-9/h9H,3-8H2,1-2H3,(H,14,19)(H,15,21)/t9-/m1/s1. The number of rotatable bonds is 7. The van der Waals surface area contributed by atoms with E-state index in [1.54, 1.807) is 7.05 Å². The highest BCUT2D eigenvalue weighted by Gasteiger charge is 2.20. The van der Waals surface area contributed by atoms with Gasteiger partial charge in [0.25, 0.3) is 0 Å². The molecule has 0 aromatic carbocycles. The molecule has 0 spiro atoms.